The number of ketones is 1. The maximum atomic E-state index is 13.2. The van der Waals surface area contributed by atoms with E-state index in [4.69, 9.17) is 0 Å². The Morgan fingerprint density at radius 1 is 0.639 bits per heavy atom. The maximum Gasteiger partial charge on any atom is 0.230 e. The molecule has 0 unspecified atom stereocenters. The van der Waals surface area contributed by atoms with E-state index in [0.29, 0.717) is 35.3 Å². The van der Waals surface area contributed by atoms with Crippen LogP contribution in [0.4, 0.5) is 11.4 Å². The fraction of sp³-hybridized carbons (Fsp3) is 0.483. The van der Waals surface area contributed by atoms with Crippen molar-refractivity contribution >= 4 is 29.0 Å². The minimum atomic E-state index is -0.0883. The Bertz CT molecular complexity index is 1050. The number of carbonyl (C=O) groups excluding carboxylic acids is 3. The SMILES string of the molecule is CC[N+](C)(CC)CCC(=O)Nc1ccc2c(c1)C(=O)c1cc(NC(=O)CC[N+](C)(CC)CC)ccc1-2. The fourth-order valence-corrected chi connectivity index (χ4v) is 4.50. The summed E-state index contributed by atoms with van der Waals surface area (Å²) in [7, 11) is 4.31. The van der Waals surface area contributed by atoms with Gasteiger partial charge in [-0.05, 0) is 63.1 Å². The lowest BCUT2D eigenvalue weighted by atomic mass is 10.0. The molecule has 1 aliphatic carbocycles. The van der Waals surface area contributed by atoms with Gasteiger partial charge in [0.05, 0.1) is 66.2 Å². The third-order valence-corrected chi connectivity index (χ3v) is 8.20. The van der Waals surface area contributed by atoms with E-state index in [-0.39, 0.29) is 17.6 Å². The van der Waals surface area contributed by atoms with Gasteiger partial charge in [0, 0.05) is 22.5 Å². The van der Waals surface area contributed by atoms with Gasteiger partial charge in [-0.3, -0.25) is 14.4 Å². The van der Waals surface area contributed by atoms with Crippen LogP contribution >= 0.6 is 0 Å². The minimum Gasteiger partial charge on any atom is -0.326 e. The Labute approximate surface area is 215 Å². The molecule has 0 aliphatic heterocycles. The van der Waals surface area contributed by atoms with Crippen LogP contribution in [0.5, 0.6) is 0 Å². The van der Waals surface area contributed by atoms with Crippen molar-refractivity contribution in [1.82, 2.24) is 0 Å². The molecule has 2 aromatic carbocycles. The predicted molar refractivity (Wildman–Crippen MR) is 146 cm³/mol. The second-order valence-corrected chi connectivity index (χ2v) is 10.4. The van der Waals surface area contributed by atoms with E-state index in [1.807, 2.05) is 24.3 Å². The van der Waals surface area contributed by atoms with Crippen LogP contribution in [0.3, 0.4) is 0 Å². The number of amides is 2. The number of quaternary nitrogens is 2. The summed E-state index contributed by atoms with van der Waals surface area (Å²) < 4.78 is 1.69. The molecule has 0 saturated heterocycles. The van der Waals surface area contributed by atoms with Crippen LogP contribution < -0.4 is 10.6 Å². The van der Waals surface area contributed by atoms with Crippen molar-refractivity contribution in [2.45, 2.75) is 40.5 Å². The first-order valence-corrected chi connectivity index (χ1v) is 13.2. The summed E-state index contributed by atoms with van der Waals surface area (Å²) in [5.74, 6) is -0.181. The topological polar surface area (TPSA) is 75.3 Å². The molecule has 2 N–H and O–H groups in total. The first kappa shape index (κ1) is 27.6. The van der Waals surface area contributed by atoms with Gasteiger partial charge in [0.1, 0.15) is 0 Å². The van der Waals surface area contributed by atoms with Gasteiger partial charge in [0.15, 0.2) is 5.78 Å². The molecule has 3 rings (SSSR count). The van der Waals surface area contributed by atoms with E-state index in [2.05, 4.69) is 52.4 Å². The average Bonchev–Trinajstić information content (AvgIpc) is 3.16. The first-order valence-electron chi connectivity index (χ1n) is 13.2. The van der Waals surface area contributed by atoms with Gasteiger partial charge in [-0.2, -0.15) is 0 Å². The van der Waals surface area contributed by atoms with E-state index < -0.39 is 0 Å². The van der Waals surface area contributed by atoms with Crippen molar-refractivity contribution in [3.05, 3.63) is 47.5 Å². The number of benzene rings is 2. The molecule has 0 saturated carbocycles. The predicted octanol–water partition coefficient (Wildman–Crippen LogP) is 4.53. The molecule has 0 atom stereocenters. The molecule has 194 valence electrons. The lowest BCUT2D eigenvalue weighted by molar-refractivity contribution is -0.905. The van der Waals surface area contributed by atoms with E-state index in [1.165, 1.54) is 0 Å². The molecule has 0 aromatic heterocycles. The number of anilines is 2. The largest absolute Gasteiger partial charge is 0.326 e. The number of rotatable bonds is 12. The second-order valence-electron chi connectivity index (χ2n) is 10.4. The highest BCUT2D eigenvalue weighted by Gasteiger charge is 2.28. The van der Waals surface area contributed by atoms with Crippen molar-refractivity contribution in [2.24, 2.45) is 0 Å². The summed E-state index contributed by atoms with van der Waals surface area (Å²) >= 11 is 0. The zero-order valence-electron chi connectivity index (χ0n) is 22.7. The van der Waals surface area contributed by atoms with E-state index in [1.54, 1.807) is 12.1 Å². The highest BCUT2D eigenvalue weighted by molar-refractivity contribution is 6.22. The van der Waals surface area contributed by atoms with Crippen molar-refractivity contribution < 1.29 is 23.3 Å². The highest BCUT2D eigenvalue weighted by Crippen LogP contribution is 2.39. The Balaban J connectivity index is 1.67. The molecule has 7 heteroatoms. The van der Waals surface area contributed by atoms with Gasteiger partial charge in [0.2, 0.25) is 11.8 Å². The van der Waals surface area contributed by atoms with Crippen LogP contribution in [0, 0.1) is 0 Å². The Hall–Kier alpha value is -3.03. The molecule has 0 spiro atoms. The summed E-state index contributed by atoms with van der Waals surface area (Å²) in [6.45, 7) is 14.0. The van der Waals surface area contributed by atoms with Gasteiger partial charge in [-0.15, -0.1) is 0 Å². The van der Waals surface area contributed by atoms with E-state index >= 15 is 0 Å². The lowest BCUT2D eigenvalue weighted by Gasteiger charge is -2.31. The van der Waals surface area contributed by atoms with Gasteiger partial charge in [-0.1, -0.05) is 12.1 Å². The molecule has 0 heterocycles. The number of carbonyl (C=O) groups is 3. The van der Waals surface area contributed by atoms with Crippen molar-refractivity contribution in [1.29, 1.82) is 0 Å². The lowest BCUT2D eigenvalue weighted by Crippen LogP contribution is -2.45. The molecular weight excluding hydrogens is 452 g/mol. The zero-order valence-corrected chi connectivity index (χ0v) is 22.7. The molecule has 0 bridgehead atoms. The molecule has 0 radical (unpaired) electrons. The van der Waals surface area contributed by atoms with Gasteiger partial charge < -0.3 is 19.6 Å². The second kappa shape index (κ2) is 11.4. The number of nitrogens with one attached hydrogen (secondary N) is 2. The summed E-state index contributed by atoms with van der Waals surface area (Å²) in [5, 5.41) is 5.91. The number of fused-ring (bicyclic) bond motifs is 3. The highest BCUT2D eigenvalue weighted by atomic mass is 16.2. The van der Waals surface area contributed by atoms with Crippen molar-refractivity contribution in [2.75, 3.05) is 64.0 Å². The molecular formula is C29H42N4O3+2. The number of hydrogen-bond donors (Lipinski definition) is 2. The average molecular weight is 495 g/mol. The quantitative estimate of drug-likeness (QED) is 0.363. The van der Waals surface area contributed by atoms with Crippen LogP contribution in [0.25, 0.3) is 11.1 Å². The van der Waals surface area contributed by atoms with Crippen LogP contribution in [-0.2, 0) is 9.59 Å². The first-order chi connectivity index (χ1) is 17.1. The molecule has 1 aliphatic rings. The third-order valence-electron chi connectivity index (χ3n) is 8.20. The Kier molecular flexibility index (Phi) is 8.69. The number of nitrogens with zero attached hydrogens (tertiary/aromatic N) is 2. The summed E-state index contributed by atoms with van der Waals surface area (Å²) in [4.78, 5) is 38.3. The van der Waals surface area contributed by atoms with Gasteiger partial charge in [0.25, 0.3) is 0 Å². The van der Waals surface area contributed by atoms with Gasteiger partial charge >= 0.3 is 0 Å². The molecule has 2 aromatic rings. The monoisotopic (exact) mass is 494 g/mol. The van der Waals surface area contributed by atoms with Crippen LogP contribution in [0.1, 0.15) is 56.5 Å². The molecule has 36 heavy (non-hydrogen) atoms. The smallest absolute Gasteiger partial charge is 0.230 e. The molecule has 7 nitrogen and oxygen atoms in total. The van der Waals surface area contributed by atoms with E-state index in [0.717, 1.165) is 59.4 Å². The van der Waals surface area contributed by atoms with Crippen molar-refractivity contribution in [3.63, 3.8) is 0 Å². The van der Waals surface area contributed by atoms with Crippen LogP contribution in [-0.4, -0.2) is 79.9 Å². The third kappa shape index (κ3) is 6.20. The summed E-state index contributed by atoms with van der Waals surface area (Å²) in [5.41, 5.74) is 4.12. The van der Waals surface area contributed by atoms with Crippen LogP contribution in [0.15, 0.2) is 36.4 Å². The molecule has 2 amide bonds. The number of hydrogen-bond acceptors (Lipinski definition) is 3. The maximum absolute atomic E-state index is 13.2. The standard InChI is InChI=1S/C29H40N4O3/c1-7-32(5,8-2)17-15-27(34)30-21-11-13-23-24-14-12-22(20-26(24)29(36)25(23)19-21)31-28(35)16-18-33(6,9-3)10-4/h11-14,19-20H,7-10,15-18H2,1-6H3/p+2. The minimum absolute atomic E-state index is 0.0463. The van der Waals surface area contributed by atoms with Crippen LogP contribution in [0.2, 0.25) is 0 Å². The normalized spacial score (nSPS) is 12.8. The van der Waals surface area contributed by atoms with Crippen molar-refractivity contribution in [3.8, 4) is 11.1 Å². The molecule has 0 fully saturated rings. The van der Waals surface area contributed by atoms with E-state index in [9.17, 15) is 14.4 Å². The Morgan fingerprint density at radius 2 is 1.00 bits per heavy atom. The van der Waals surface area contributed by atoms with Gasteiger partial charge in [-0.25, -0.2) is 0 Å². The zero-order chi connectivity index (χ0) is 26.5. The summed E-state index contributed by atoms with van der Waals surface area (Å²) in [6.07, 6.45) is 0.863. The summed E-state index contributed by atoms with van der Waals surface area (Å²) in [6, 6.07) is 11.0. The fourth-order valence-electron chi connectivity index (χ4n) is 4.50. The Morgan fingerprint density at radius 3 is 1.33 bits per heavy atom.